The molecule has 0 unspecified atom stereocenters. The molecule has 50 heavy (non-hydrogen) atoms. The molecule has 0 aliphatic heterocycles. The molecule has 0 radical (unpaired) electrons. The summed E-state index contributed by atoms with van der Waals surface area (Å²) in [5.41, 5.74) is 11.5. The minimum absolute atomic E-state index is 0.571. The summed E-state index contributed by atoms with van der Waals surface area (Å²) in [6, 6.07) is 57.8. The molecule has 0 saturated carbocycles. The Balaban J connectivity index is 1.29. The molecule has 0 N–H and O–H groups in total. The van der Waals surface area contributed by atoms with Gasteiger partial charge in [0.15, 0.2) is 0 Å². The SMILES string of the molecule is N#Cc1ccc2c(c1)c1ccccc1n2-c1cccc(-c2ccccc2-c2c(C#N)cccc2-n2c3ccccc3c3cc(C#N)ccc32)c1. The van der Waals surface area contributed by atoms with Gasteiger partial charge in [-0.05, 0) is 89.5 Å². The molecule has 5 heteroatoms. The van der Waals surface area contributed by atoms with Crippen LogP contribution >= 0.6 is 0 Å². The quantitative estimate of drug-likeness (QED) is 0.193. The Bertz CT molecular complexity index is 2970. The number of nitrogens with zero attached hydrogens (tertiary/aromatic N) is 5. The van der Waals surface area contributed by atoms with Crippen molar-refractivity contribution in [3.63, 3.8) is 0 Å². The number of hydrogen-bond acceptors (Lipinski definition) is 3. The second kappa shape index (κ2) is 11.4. The van der Waals surface area contributed by atoms with Crippen LogP contribution in [0.4, 0.5) is 0 Å². The van der Waals surface area contributed by atoms with Crippen LogP contribution in [-0.2, 0) is 0 Å². The van der Waals surface area contributed by atoms with E-state index < -0.39 is 0 Å². The lowest BCUT2D eigenvalue weighted by atomic mass is 9.90. The first-order chi connectivity index (χ1) is 24.7. The van der Waals surface area contributed by atoms with Crippen molar-refractivity contribution in [1.29, 1.82) is 15.8 Å². The Kier molecular flexibility index (Phi) is 6.56. The number of nitriles is 3. The fourth-order valence-corrected chi connectivity index (χ4v) is 7.49. The van der Waals surface area contributed by atoms with Crippen LogP contribution in [0.1, 0.15) is 16.7 Å². The van der Waals surface area contributed by atoms with E-state index in [0.29, 0.717) is 16.7 Å². The van der Waals surface area contributed by atoms with Crippen LogP contribution in [0.3, 0.4) is 0 Å². The highest BCUT2D eigenvalue weighted by Crippen LogP contribution is 2.42. The maximum Gasteiger partial charge on any atom is 0.0998 e. The summed E-state index contributed by atoms with van der Waals surface area (Å²) < 4.78 is 4.46. The Morgan fingerprint density at radius 2 is 0.960 bits per heavy atom. The molecule has 7 aromatic carbocycles. The molecule has 0 fully saturated rings. The maximum atomic E-state index is 10.5. The van der Waals surface area contributed by atoms with Crippen LogP contribution in [0.15, 0.2) is 152 Å². The lowest BCUT2D eigenvalue weighted by Crippen LogP contribution is -2.01. The van der Waals surface area contributed by atoms with Gasteiger partial charge in [0.05, 0.1) is 62.7 Å². The predicted molar refractivity (Wildman–Crippen MR) is 200 cm³/mol. The second-order valence-corrected chi connectivity index (χ2v) is 12.3. The fourth-order valence-electron chi connectivity index (χ4n) is 7.49. The van der Waals surface area contributed by atoms with E-state index in [-0.39, 0.29) is 0 Å². The van der Waals surface area contributed by atoms with Gasteiger partial charge in [-0.3, -0.25) is 0 Å². The molecule has 9 rings (SSSR count). The van der Waals surface area contributed by atoms with E-state index in [1.165, 1.54) is 0 Å². The van der Waals surface area contributed by atoms with Gasteiger partial charge in [-0.2, -0.15) is 15.8 Å². The molecule has 0 amide bonds. The molecule has 5 nitrogen and oxygen atoms in total. The average molecular weight is 636 g/mol. The molecular formula is C45H25N5. The van der Waals surface area contributed by atoms with Crippen LogP contribution in [0.2, 0.25) is 0 Å². The van der Waals surface area contributed by atoms with E-state index in [0.717, 1.165) is 77.2 Å². The second-order valence-electron chi connectivity index (χ2n) is 12.3. The molecule has 2 heterocycles. The highest BCUT2D eigenvalue weighted by Gasteiger charge is 2.21. The van der Waals surface area contributed by atoms with Gasteiger partial charge in [0.1, 0.15) is 0 Å². The normalized spacial score (nSPS) is 11.1. The van der Waals surface area contributed by atoms with Crippen molar-refractivity contribution >= 4 is 43.6 Å². The van der Waals surface area contributed by atoms with Gasteiger partial charge in [-0.25, -0.2) is 0 Å². The van der Waals surface area contributed by atoms with E-state index in [9.17, 15) is 15.8 Å². The van der Waals surface area contributed by atoms with E-state index in [4.69, 9.17) is 0 Å². The summed E-state index contributed by atoms with van der Waals surface area (Å²) in [6.45, 7) is 0. The van der Waals surface area contributed by atoms with Gasteiger partial charge in [0.25, 0.3) is 0 Å². The third-order valence-electron chi connectivity index (χ3n) is 9.62. The highest BCUT2D eigenvalue weighted by atomic mass is 15.0. The first kappa shape index (κ1) is 28.8. The summed E-state index contributed by atoms with van der Waals surface area (Å²) in [5.74, 6) is 0. The average Bonchev–Trinajstić information content (AvgIpc) is 3.69. The number of aromatic nitrogens is 2. The molecule has 230 valence electrons. The molecule has 0 bridgehead atoms. The monoisotopic (exact) mass is 635 g/mol. The molecule has 0 spiro atoms. The third-order valence-corrected chi connectivity index (χ3v) is 9.62. The van der Waals surface area contributed by atoms with Gasteiger partial charge in [-0.15, -0.1) is 0 Å². The number of benzene rings is 7. The number of fused-ring (bicyclic) bond motifs is 6. The Hall–Kier alpha value is -7.39. The van der Waals surface area contributed by atoms with Crippen molar-refractivity contribution in [2.24, 2.45) is 0 Å². The van der Waals surface area contributed by atoms with Crippen LogP contribution < -0.4 is 0 Å². The maximum absolute atomic E-state index is 10.5. The highest BCUT2D eigenvalue weighted by molar-refractivity contribution is 6.11. The van der Waals surface area contributed by atoms with Gasteiger partial charge in [0.2, 0.25) is 0 Å². The molecular weight excluding hydrogens is 611 g/mol. The van der Waals surface area contributed by atoms with Gasteiger partial charge in [-0.1, -0.05) is 78.9 Å². The lowest BCUT2D eigenvalue weighted by Gasteiger charge is -2.19. The molecule has 0 atom stereocenters. The smallest absolute Gasteiger partial charge is 0.0998 e. The van der Waals surface area contributed by atoms with Crippen molar-refractivity contribution in [2.75, 3.05) is 0 Å². The summed E-state index contributed by atoms with van der Waals surface area (Å²) >= 11 is 0. The summed E-state index contributed by atoms with van der Waals surface area (Å²) in [4.78, 5) is 0. The number of para-hydroxylation sites is 2. The summed E-state index contributed by atoms with van der Waals surface area (Å²) in [5, 5.41) is 34.0. The number of rotatable bonds is 4. The van der Waals surface area contributed by atoms with E-state index in [2.05, 4.69) is 94.1 Å². The molecule has 0 aliphatic carbocycles. The van der Waals surface area contributed by atoms with Gasteiger partial charge >= 0.3 is 0 Å². The Morgan fingerprint density at radius 3 is 1.62 bits per heavy atom. The zero-order valence-electron chi connectivity index (χ0n) is 26.7. The fraction of sp³-hybridized carbons (Fsp3) is 0. The van der Waals surface area contributed by atoms with Gasteiger partial charge in [0, 0.05) is 32.8 Å². The lowest BCUT2D eigenvalue weighted by molar-refractivity contribution is 1.18. The first-order valence-electron chi connectivity index (χ1n) is 16.3. The van der Waals surface area contributed by atoms with Gasteiger partial charge < -0.3 is 9.13 Å². The Morgan fingerprint density at radius 1 is 0.400 bits per heavy atom. The summed E-state index contributed by atoms with van der Waals surface area (Å²) in [7, 11) is 0. The van der Waals surface area contributed by atoms with Crippen molar-refractivity contribution < 1.29 is 0 Å². The molecule has 9 aromatic rings. The molecule has 0 saturated heterocycles. The van der Waals surface area contributed by atoms with Crippen LogP contribution in [0.5, 0.6) is 0 Å². The van der Waals surface area contributed by atoms with Crippen LogP contribution in [-0.4, -0.2) is 9.13 Å². The van der Waals surface area contributed by atoms with E-state index in [1.807, 2.05) is 84.9 Å². The zero-order valence-corrected chi connectivity index (χ0v) is 26.7. The third kappa shape index (κ3) is 4.31. The van der Waals surface area contributed by atoms with Crippen molar-refractivity contribution in [3.05, 3.63) is 168 Å². The van der Waals surface area contributed by atoms with Crippen molar-refractivity contribution in [2.45, 2.75) is 0 Å². The van der Waals surface area contributed by atoms with E-state index in [1.54, 1.807) is 0 Å². The topological polar surface area (TPSA) is 81.2 Å². The Labute approximate surface area is 287 Å². The largest absolute Gasteiger partial charge is 0.309 e. The number of hydrogen-bond donors (Lipinski definition) is 0. The standard InChI is InChI=1S/C45H25N5/c46-26-29-19-21-42-38(23-29)35-13-3-5-16-40(35)49(42)33-11-7-9-31(25-33)34-12-1-2-15-37(34)45-32(28-48)10-8-18-44(45)50-41-17-6-4-14-36(41)39-24-30(27-47)20-22-43(39)50/h1-25H. The van der Waals surface area contributed by atoms with Crippen LogP contribution in [0.25, 0.3) is 77.2 Å². The van der Waals surface area contributed by atoms with Crippen molar-refractivity contribution in [1.82, 2.24) is 9.13 Å². The predicted octanol–water partition coefficient (Wildman–Crippen LogP) is 10.8. The minimum atomic E-state index is 0.571. The molecule has 2 aromatic heterocycles. The van der Waals surface area contributed by atoms with E-state index >= 15 is 0 Å². The zero-order chi connectivity index (χ0) is 33.8. The molecule has 0 aliphatic rings. The van der Waals surface area contributed by atoms with Crippen LogP contribution in [0, 0.1) is 34.0 Å². The summed E-state index contributed by atoms with van der Waals surface area (Å²) in [6.07, 6.45) is 0. The first-order valence-corrected chi connectivity index (χ1v) is 16.3. The minimum Gasteiger partial charge on any atom is -0.309 e. The van der Waals surface area contributed by atoms with Crippen molar-refractivity contribution in [3.8, 4) is 51.8 Å².